The first kappa shape index (κ1) is 16.5. The van der Waals surface area contributed by atoms with E-state index in [2.05, 4.69) is 15.5 Å². The Morgan fingerprint density at radius 3 is 2.79 bits per heavy atom. The molecule has 0 unspecified atom stereocenters. The largest absolute Gasteiger partial charge is 0.465 e. The fourth-order valence-corrected chi connectivity index (χ4v) is 3.66. The first-order valence-corrected chi connectivity index (χ1v) is 9.14. The Hall–Kier alpha value is -2.38. The number of aromatic nitrogens is 2. The van der Waals surface area contributed by atoms with Gasteiger partial charge in [0.2, 0.25) is 5.13 Å². The second-order valence-corrected chi connectivity index (χ2v) is 7.19. The van der Waals surface area contributed by atoms with E-state index in [1.54, 1.807) is 36.2 Å². The molecule has 3 aromatic rings. The number of furan rings is 1. The number of thioether (sulfide) groups is 1. The lowest BCUT2D eigenvalue weighted by Crippen LogP contribution is -2.13. The zero-order valence-electron chi connectivity index (χ0n) is 12.9. The van der Waals surface area contributed by atoms with E-state index < -0.39 is 0 Å². The molecule has 2 heterocycles. The summed E-state index contributed by atoms with van der Waals surface area (Å²) in [6, 6.07) is 13.0. The van der Waals surface area contributed by atoms with Crippen molar-refractivity contribution in [2.75, 3.05) is 11.1 Å². The highest BCUT2D eigenvalue weighted by Gasteiger charge is 2.15. The van der Waals surface area contributed by atoms with Gasteiger partial charge < -0.3 is 4.42 Å². The van der Waals surface area contributed by atoms with E-state index in [1.165, 1.54) is 11.3 Å². The monoisotopic (exact) mass is 357 g/mol. The number of rotatable bonds is 6. The normalized spacial score (nSPS) is 11.5. The predicted octanol–water partition coefficient (Wildman–Crippen LogP) is 4.42. The third-order valence-electron chi connectivity index (χ3n) is 3.05. The quantitative estimate of drug-likeness (QED) is 0.402. The van der Waals surface area contributed by atoms with Gasteiger partial charge in [-0.25, -0.2) is 0 Å². The summed E-state index contributed by atoms with van der Waals surface area (Å²) in [6.45, 7) is 2.05. The van der Waals surface area contributed by atoms with Crippen LogP contribution >= 0.6 is 23.1 Å². The molecule has 0 saturated heterocycles. The number of anilines is 1. The minimum Gasteiger partial charge on any atom is -0.465 e. The number of amides is 1. The van der Waals surface area contributed by atoms with Gasteiger partial charge >= 0.3 is 0 Å². The molecular formula is C17H15N3O2S2. The highest BCUT2D eigenvalue weighted by molar-refractivity contribution is 8.01. The molecule has 3 rings (SSSR count). The maximum atomic E-state index is 12.7. The van der Waals surface area contributed by atoms with E-state index >= 15 is 0 Å². The number of hydrogen-bond acceptors (Lipinski definition) is 6. The molecule has 7 heteroatoms. The van der Waals surface area contributed by atoms with Crippen molar-refractivity contribution < 1.29 is 9.21 Å². The van der Waals surface area contributed by atoms with Crippen LogP contribution in [0.1, 0.15) is 18.2 Å². The molecule has 0 spiro atoms. The summed E-state index contributed by atoms with van der Waals surface area (Å²) in [4.78, 5) is 12.7. The third-order valence-corrected chi connectivity index (χ3v) is 4.91. The van der Waals surface area contributed by atoms with Gasteiger partial charge in [0, 0.05) is 0 Å². The van der Waals surface area contributed by atoms with Crippen molar-refractivity contribution in [1.29, 1.82) is 0 Å². The molecule has 1 amide bonds. The first-order valence-electron chi connectivity index (χ1n) is 7.34. The Morgan fingerprint density at radius 2 is 2.08 bits per heavy atom. The highest BCUT2D eigenvalue weighted by atomic mass is 32.2. The molecule has 24 heavy (non-hydrogen) atoms. The Bertz CT molecular complexity index is 827. The Kier molecular flexibility index (Phi) is 5.45. The van der Waals surface area contributed by atoms with Crippen molar-refractivity contribution in [3.63, 3.8) is 0 Å². The van der Waals surface area contributed by atoms with Crippen molar-refractivity contribution >= 4 is 45.8 Å². The van der Waals surface area contributed by atoms with Gasteiger partial charge in [-0.2, -0.15) is 0 Å². The molecule has 0 radical (unpaired) electrons. The maximum Gasteiger partial charge on any atom is 0.258 e. The second kappa shape index (κ2) is 7.94. The van der Waals surface area contributed by atoms with Gasteiger partial charge in [-0.15, -0.1) is 10.2 Å². The molecule has 122 valence electrons. The van der Waals surface area contributed by atoms with Crippen LogP contribution in [0, 0.1) is 0 Å². The fraction of sp³-hybridized carbons (Fsp3) is 0.118. The second-order valence-electron chi connectivity index (χ2n) is 4.70. The van der Waals surface area contributed by atoms with E-state index in [-0.39, 0.29) is 5.91 Å². The summed E-state index contributed by atoms with van der Waals surface area (Å²) >= 11 is 2.96. The molecule has 0 aliphatic rings. The van der Waals surface area contributed by atoms with Crippen molar-refractivity contribution in [2.45, 2.75) is 11.3 Å². The van der Waals surface area contributed by atoms with Crippen LogP contribution in [0.4, 0.5) is 5.13 Å². The Labute approximate surface area is 147 Å². The molecule has 0 aliphatic heterocycles. The molecule has 1 aromatic carbocycles. The van der Waals surface area contributed by atoms with Crippen LogP contribution in [0.2, 0.25) is 0 Å². The molecule has 0 aliphatic carbocycles. The summed E-state index contributed by atoms with van der Waals surface area (Å²) in [5, 5.41) is 11.4. The molecule has 0 atom stereocenters. The summed E-state index contributed by atoms with van der Waals surface area (Å²) in [5.41, 5.74) is 1.31. The molecule has 5 nitrogen and oxygen atoms in total. The lowest BCUT2D eigenvalue weighted by molar-refractivity contribution is -0.111. The lowest BCUT2D eigenvalue weighted by atomic mass is 10.0. The smallest absolute Gasteiger partial charge is 0.258 e. The zero-order valence-corrected chi connectivity index (χ0v) is 14.6. The van der Waals surface area contributed by atoms with E-state index in [9.17, 15) is 4.79 Å². The number of hydrogen-bond donors (Lipinski definition) is 1. The van der Waals surface area contributed by atoms with Gasteiger partial charge in [-0.3, -0.25) is 10.1 Å². The third kappa shape index (κ3) is 4.12. The van der Waals surface area contributed by atoms with Crippen molar-refractivity contribution in [3.05, 3.63) is 60.1 Å². The van der Waals surface area contributed by atoms with Crippen LogP contribution in [0.3, 0.4) is 0 Å². The average molecular weight is 357 g/mol. The van der Waals surface area contributed by atoms with E-state index in [0.717, 1.165) is 15.7 Å². The molecule has 2 aromatic heterocycles. The summed E-state index contributed by atoms with van der Waals surface area (Å²) < 4.78 is 6.17. The van der Waals surface area contributed by atoms with Gasteiger partial charge in [0.05, 0.1) is 11.8 Å². The van der Waals surface area contributed by atoms with Crippen LogP contribution in [0.5, 0.6) is 0 Å². The predicted molar refractivity (Wildman–Crippen MR) is 98.0 cm³/mol. The van der Waals surface area contributed by atoms with E-state index in [0.29, 0.717) is 16.5 Å². The van der Waals surface area contributed by atoms with Gasteiger partial charge in [0.25, 0.3) is 5.91 Å². The Balaban J connectivity index is 1.86. The Morgan fingerprint density at radius 1 is 1.25 bits per heavy atom. The van der Waals surface area contributed by atoms with Crippen molar-refractivity contribution in [2.24, 2.45) is 0 Å². The minimum atomic E-state index is -0.248. The number of nitrogens with one attached hydrogen (secondary N) is 1. The van der Waals surface area contributed by atoms with Crippen LogP contribution < -0.4 is 5.32 Å². The summed E-state index contributed by atoms with van der Waals surface area (Å²) in [5.74, 6) is 1.28. The molecule has 0 bridgehead atoms. The van der Waals surface area contributed by atoms with Crippen LogP contribution in [0.15, 0.2) is 57.5 Å². The minimum absolute atomic E-state index is 0.248. The SMILES string of the molecule is CCSc1nnc(NC(=O)/C(=C/c2ccco2)c2ccccc2)s1. The lowest BCUT2D eigenvalue weighted by Gasteiger charge is -2.06. The van der Waals surface area contributed by atoms with Crippen LogP contribution in [-0.2, 0) is 4.79 Å². The van der Waals surface area contributed by atoms with E-state index in [4.69, 9.17) is 4.42 Å². The van der Waals surface area contributed by atoms with Gasteiger partial charge in [0.15, 0.2) is 4.34 Å². The molecule has 0 saturated carbocycles. The summed E-state index contributed by atoms with van der Waals surface area (Å²) in [7, 11) is 0. The van der Waals surface area contributed by atoms with Gasteiger partial charge in [0.1, 0.15) is 5.76 Å². The number of carbonyl (C=O) groups excluding carboxylic acids is 1. The van der Waals surface area contributed by atoms with Gasteiger partial charge in [-0.05, 0) is 29.5 Å². The zero-order chi connectivity index (χ0) is 16.8. The average Bonchev–Trinajstić information content (AvgIpc) is 3.26. The van der Waals surface area contributed by atoms with Crippen molar-refractivity contribution in [1.82, 2.24) is 10.2 Å². The number of carbonyl (C=O) groups is 1. The highest BCUT2D eigenvalue weighted by Crippen LogP contribution is 2.26. The molecule has 0 fully saturated rings. The first-order chi connectivity index (χ1) is 11.8. The van der Waals surface area contributed by atoms with Crippen molar-refractivity contribution in [3.8, 4) is 0 Å². The fourth-order valence-electron chi connectivity index (χ4n) is 2.02. The van der Waals surface area contributed by atoms with Gasteiger partial charge in [-0.1, -0.05) is 60.4 Å². The molecule has 1 N–H and O–H groups in total. The standard InChI is InChI=1S/C17H15N3O2S2/c1-2-23-17-20-19-16(24-17)18-15(21)14(11-13-9-6-10-22-13)12-7-4-3-5-8-12/h3-11H,2H2,1H3,(H,18,19,21)/b14-11+. The maximum absolute atomic E-state index is 12.7. The summed E-state index contributed by atoms with van der Waals surface area (Å²) in [6.07, 6.45) is 3.29. The van der Waals surface area contributed by atoms with Crippen LogP contribution in [0.25, 0.3) is 11.6 Å². The van der Waals surface area contributed by atoms with E-state index in [1.807, 2.05) is 37.3 Å². The number of benzene rings is 1. The number of nitrogens with zero attached hydrogens (tertiary/aromatic N) is 2. The van der Waals surface area contributed by atoms with Crippen LogP contribution in [-0.4, -0.2) is 21.9 Å². The topological polar surface area (TPSA) is 68.0 Å². The molecular weight excluding hydrogens is 342 g/mol.